The Morgan fingerprint density at radius 2 is 1.82 bits per heavy atom. The van der Waals surface area contributed by atoms with Crippen LogP contribution in [0.5, 0.6) is 0 Å². The Morgan fingerprint density at radius 3 is 2.32 bits per heavy atom. The van der Waals surface area contributed by atoms with Crippen LogP contribution in [0.1, 0.15) is 53.6 Å². The van der Waals surface area contributed by atoms with Gasteiger partial charge in [0.15, 0.2) is 0 Å². The summed E-state index contributed by atoms with van der Waals surface area (Å²) in [7, 11) is 0. The van der Waals surface area contributed by atoms with Gasteiger partial charge in [0.1, 0.15) is 0 Å². The molecule has 1 fully saturated rings. The maximum Gasteiger partial charge on any atom is 0.251 e. The van der Waals surface area contributed by atoms with Crippen LogP contribution in [0.25, 0.3) is 0 Å². The van der Waals surface area contributed by atoms with Crippen molar-refractivity contribution >= 4 is 29.4 Å². The van der Waals surface area contributed by atoms with Gasteiger partial charge in [0, 0.05) is 12.1 Å². The van der Waals surface area contributed by atoms with E-state index in [2.05, 4.69) is 31.3 Å². The van der Waals surface area contributed by atoms with Crippen molar-refractivity contribution in [3.8, 4) is 0 Å². The zero-order valence-corrected chi connectivity index (χ0v) is 15.1. The van der Waals surface area contributed by atoms with Gasteiger partial charge in [0.2, 0.25) is 0 Å². The third-order valence-corrected chi connectivity index (χ3v) is 7.41. The molecule has 0 atom stereocenters. The largest absolute Gasteiger partial charge is 0.345 e. The molecule has 2 rings (SSSR count). The zero-order chi connectivity index (χ0) is 16.0. The van der Waals surface area contributed by atoms with Gasteiger partial charge >= 0.3 is 0 Å². The van der Waals surface area contributed by atoms with E-state index in [1.165, 1.54) is 23.5 Å². The number of carbonyl (C=O) groups is 1. The van der Waals surface area contributed by atoms with Crippen molar-refractivity contribution in [3.05, 3.63) is 35.4 Å². The second-order valence-corrected chi connectivity index (χ2v) is 8.42. The molecular formula is C17H26N2OS2. The van der Waals surface area contributed by atoms with Crippen LogP contribution >= 0.6 is 23.5 Å². The van der Waals surface area contributed by atoms with Crippen LogP contribution in [-0.2, 0) is 0 Å². The molecule has 1 aliphatic heterocycles. The quantitative estimate of drug-likeness (QED) is 0.828. The molecule has 122 valence electrons. The van der Waals surface area contributed by atoms with Crippen LogP contribution in [-0.4, -0.2) is 29.5 Å². The molecule has 0 spiro atoms. The minimum absolute atomic E-state index is 0.0235. The first-order valence-corrected chi connectivity index (χ1v) is 10.1. The molecule has 3 nitrogen and oxygen atoms in total. The Hall–Kier alpha value is -0.650. The number of thioether (sulfide) groups is 2. The van der Waals surface area contributed by atoms with Crippen molar-refractivity contribution in [1.29, 1.82) is 0 Å². The first-order valence-electron chi connectivity index (χ1n) is 8.00. The van der Waals surface area contributed by atoms with E-state index in [1.807, 2.05) is 35.7 Å². The van der Waals surface area contributed by atoms with Crippen molar-refractivity contribution < 1.29 is 4.79 Å². The fraction of sp³-hybridized carbons (Fsp3) is 0.588. The number of hydrogen-bond acceptors (Lipinski definition) is 4. The molecule has 3 N–H and O–H groups in total. The molecule has 1 aliphatic rings. The fourth-order valence-corrected chi connectivity index (χ4v) is 5.45. The Bertz CT molecular complexity index is 472. The molecule has 22 heavy (non-hydrogen) atoms. The lowest BCUT2D eigenvalue weighted by Gasteiger charge is -2.31. The molecule has 0 radical (unpaired) electrons. The first kappa shape index (κ1) is 17.7. The molecular weight excluding hydrogens is 312 g/mol. The monoisotopic (exact) mass is 338 g/mol. The lowest BCUT2D eigenvalue weighted by molar-refractivity contribution is 0.0895. The lowest BCUT2D eigenvalue weighted by atomic mass is 9.92. The first-order chi connectivity index (χ1) is 10.6. The molecule has 0 unspecified atom stereocenters. The summed E-state index contributed by atoms with van der Waals surface area (Å²) in [6.07, 6.45) is 2.99. The molecule has 0 saturated carbocycles. The Balaban J connectivity index is 2.04. The Kier molecular flexibility index (Phi) is 6.66. The predicted octanol–water partition coefficient (Wildman–Crippen LogP) is 3.80. The van der Waals surface area contributed by atoms with Crippen molar-refractivity contribution in [2.24, 2.45) is 5.73 Å². The highest BCUT2D eigenvalue weighted by Gasteiger charge is 2.26. The van der Waals surface area contributed by atoms with E-state index in [9.17, 15) is 4.79 Å². The highest BCUT2D eigenvalue weighted by Crippen LogP contribution is 2.43. The molecule has 0 aromatic heterocycles. The van der Waals surface area contributed by atoms with Crippen LogP contribution in [0, 0.1) is 0 Å². The van der Waals surface area contributed by atoms with E-state index >= 15 is 0 Å². The number of hydrogen-bond donors (Lipinski definition) is 2. The van der Waals surface area contributed by atoms with Crippen molar-refractivity contribution in [2.75, 3.05) is 18.1 Å². The van der Waals surface area contributed by atoms with Crippen LogP contribution < -0.4 is 11.1 Å². The topological polar surface area (TPSA) is 55.1 Å². The highest BCUT2D eigenvalue weighted by molar-refractivity contribution is 8.16. The van der Waals surface area contributed by atoms with E-state index in [-0.39, 0.29) is 11.4 Å². The SMILES string of the molecule is CCC(CC)(CN)NC(=O)c1ccc(C2SCCCS2)cc1. The van der Waals surface area contributed by atoms with Gasteiger partial charge < -0.3 is 11.1 Å². The second kappa shape index (κ2) is 8.27. The van der Waals surface area contributed by atoms with E-state index < -0.39 is 0 Å². The fourth-order valence-electron chi connectivity index (χ4n) is 2.55. The van der Waals surface area contributed by atoms with E-state index in [0.717, 1.165) is 12.8 Å². The number of rotatable bonds is 6. The summed E-state index contributed by atoms with van der Waals surface area (Å²) in [5.41, 5.74) is 7.59. The smallest absolute Gasteiger partial charge is 0.251 e. The second-order valence-electron chi connectivity index (χ2n) is 5.69. The molecule has 1 amide bonds. The zero-order valence-electron chi connectivity index (χ0n) is 13.4. The Labute approximate surface area is 142 Å². The van der Waals surface area contributed by atoms with Gasteiger partial charge in [-0.3, -0.25) is 4.79 Å². The van der Waals surface area contributed by atoms with Gasteiger partial charge in [-0.1, -0.05) is 26.0 Å². The van der Waals surface area contributed by atoms with E-state index in [0.29, 0.717) is 16.7 Å². The van der Waals surface area contributed by atoms with E-state index in [4.69, 9.17) is 5.73 Å². The van der Waals surface area contributed by atoms with Crippen LogP contribution in [0.4, 0.5) is 0 Å². The Morgan fingerprint density at radius 1 is 1.23 bits per heavy atom. The van der Waals surface area contributed by atoms with Crippen molar-refractivity contribution in [1.82, 2.24) is 5.32 Å². The van der Waals surface area contributed by atoms with Gasteiger partial charge in [-0.15, -0.1) is 23.5 Å². The molecule has 1 saturated heterocycles. The number of benzene rings is 1. The molecule has 0 bridgehead atoms. The highest BCUT2D eigenvalue weighted by atomic mass is 32.2. The van der Waals surface area contributed by atoms with Gasteiger partial charge in [-0.25, -0.2) is 0 Å². The summed E-state index contributed by atoms with van der Waals surface area (Å²) < 4.78 is 0.514. The summed E-state index contributed by atoms with van der Waals surface area (Å²) in [5.74, 6) is 2.43. The van der Waals surface area contributed by atoms with Gasteiger partial charge in [0.05, 0.1) is 10.1 Å². The van der Waals surface area contributed by atoms with Crippen molar-refractivity contribution in [3.63, 3.8) is 0 Å². The predicted molar refractivity (Wildman–Crippen MR) is 98.5 cm³/mol. The standard InChI is InChI=1S/C17H26N2OS2/c1-3-17(4-2,12-18)19-15(20)13-6-8-14(9-7-13)16-21-10-5-11-22-16/h6-9,16H,3-5,10-12,18H2,1-2H3,(H,19,20). The van der Waals surface area contributed by atoms with Crippen molar-refractivity contribution in [2.45, 2.75) is 43.2 Å². The average Bonchev–Trinajstić information content (AvgIpc) is 2.60. The molecule has 1 heterocycles. The van der Waals surface area contributed by atoms with E-state index in [1.54, 1.807) is 0 Å². The summed E-state index contributed by atoms with van der Waals surface area (Å²) >= 11 is 3.99. The maximum atomic E-state index is 12.4. The minimum atomic E-state index is -0.287. The maximum absolute atomic E-state index is 12.4. The number of amides is 1. The summed E-state index contributed by atoms with van der Waals surface area (Å²) in [5, 5.41) is 3.12. The molecule has 0 aliphatic carbocycles. The lowest BCUT2D eigenvalue weighted by Crippen LogP contribution is -2.52. The number of nitrogens with one attached hydrogen (secondary N) is 1. The third-order valence-electron chi connectivity index (χ3n) is 4.40. The molecule has 5 heteroatoms. The minimum Gasteiger partial charge on any atom is -0.345 e. The number of nitrogens with two attached hydrogens (primary N) is 1. The van der Waals surface area contributed by atoms with Gasteiger partial charge in [-0.2, -0.15) is 0 Å². The summed E-state index contributed by atoms with van der Waals surface area (Å²) in [6.45, 7) is 4.60. The number of carbonyl (C=O) groups excluding carboxylic acids is 1. The normalized spacial score (nSPS) is 16.5. The third kappa shape index (κ3) is 4.21. The van der Waals surface area contributed by atoms with Gasteiger partial charge in [-0.05, 0) is 48.5 Å². The van der Waals surface area contributed by atoms with Crippen LogP contribution in [0.15, 0.2) is 24.3 Å². The summed E-state index contributed by atoms with van der Waals surface area (Å²) in [4.78, 5) is 12.4. The molecule has 1 aromatic carbocycles. The van der Waals surface area contributed by atoms with Crippen LogP contribution in [0.2, 0.25) is 0 Å². The van der Waals surface area contributed by atoms with Crippen LogP contribution in [0.3, 0.4) is 0 Å². The summed E-state index contributed by atoms with van der Waals surface area (Å²) in [6, 6.07) is 8.06. The van der Waals surface area contributed by atoms with Gasteiger partial charge in [0.25, 0.3) is 5.91 Å². The average molecular weight is 339 g/mol. The molecule has 1 aromatic rings.